The number of nitrogens with zero attached hydrogens (tertiary/aromatic N) is 2. The number of alkyl carbamates (subject to hydrolysis) is 1. The van der Waals surface area contributed by atoms with Gasteiger partial charge in [0, 0.05) is 31.8 Å². The lowest BCUT2D eigenvalue weighted by Crippen LogP contribution is -2.57. The third-order valence-corrected chi connectivity index (χ3v) is 8.65. The van der Waals surface area contributed by atoms with Crippen LogP contribution in [0.5, 0.6) is 5.75 Å². The lowest BCUT2D eigenvalue weighted by Gasteiger charge is -2.34. The van der Waals surface area contributed by atoms with Crippen molar-refractivity contribution in [2.75, 3.05) is 26.8 Å². The molecule has 3 rings (SSSR count). The van der Waals surface area contributed by atoms with Crippen molar-refractivity contribution in [2.24, 2.45) is 17.3 Å². The summed E-state index contributed by atoms with van der Waals surface area (Å²) < 4.78 is 15.4. The molecular formula is C32H47N5O11. The van der Waals surface area contributed by atoms with Gasteiger partial charge in [-0.1, -0.05) is 13.8 Å². The highest BCUT2D eigenvalue weighted by Gasteiger charge is 2.69. The van der Waals surface area contributed by atoms with Gasteiger partial charge in [0.05, 0.1) is 12.0 Å². The third kappa shape index (κ3) is 10.0. The van der Waals surface area contributed by atoms with Crippen molar-refractivity contribution in [3.63, 3.8) is 0 Å². The number of fused-ring (bicyclic) bond motifs is 1. The summed E-state index contributed by atoms with van der Waals surface area (Å²) in [5.41, 5.74) is -1.15. The number of unbranched alkanes of at least 4 members (excludes halogenated alkanes) is 1. The molecular weight excluding hydrogens is 630 g/mol. The number of piperidine rings is 1. The number of carbonyl (C=O) groups excluding carboxylic acids is 5. The maximum Gasteiger partial charge on any atom is 0.412 e. The van der Waals surface area contributed by atoms with Crippen LogP contribution >= 0.6 is 0 Å². The smallest absolute Gasteiger partial charge is 0.412 e. The molecule has 266 valence electrons. The topological polar surface area (TPSA) is 216 Å². The van der Waals surface area contributed by atoms with Crippen molar-refractivity contribution < 1.29 is 48.2 Å². The molecule has 4 N–H and O–H groups in total. The first-order valence-corrected chi connectivity index (χ1v) is 16.0. The van der Waals surface area contributed by atoms with Crippen molar-refractivity contribution in [3.05, 3.63) is 34.4 Å². The summed E-state index contributed by atoms with van der Waals surface area (Å²) in [4.78, 5) is 76.6. The quantitative estimate of drug-likeness (QED) is 0.0916. The first-order chi connectivity index (χ1) is 22.5. The molecule has 3 unspecified atom stereocenters. The number of nitro benzene ring substituents is 1. The van der Waals surface area contributed by atoms with E-state index in [0.717, 1.165) is 0 Å². The highest BCUT2D eigenvalue weighted by molar-refractivity contribution is 5.94. The van der Waals surface area contributed by atoms with E-state index in [1.807, 2.05) is 13.8 Å². The molecule has 16 heteroatoms. The fraction of sp³-hybridized carbons (Fsp3) is 0.656. The zero-order chi connectivity index (χ0) is 35.8. The Kier molecular flexibility index (Phi) is 12.7. The average Bonchev–Trinajstić information content (AvgIpc) is 3.32. The van der Waals surface area contributed by atoms with Crippen LogP contribution in [0.2, 0.25) is 0 Å². The van der Waals surface area contributed by atoms with Gasteiger partial charge in [-0.15, -0.1) is 0 Å². The molecule has 16 nitrogen and oxygen atoms in total. The maximum atomic E-state index is 13.8. The van der Waals surface area contributed by atoms with Crippen LogP contribution in [-0.2, 0) is 23.9 Å². The van der Waals surface area contributed by atoms with Gasteiger partial charge >= 0.3 is 18.2 Å². The molecule has 0 spiro atoms. The number of benzene rings is 1. The second kappa shape index (κ2) is 16.1. The minimum atomic E-state index is -1.03. The van der Waals surface area contributed by atoms with Gasteiger partial charge in [0.2, 0.25) is 11.8 Å². The Labute approximate surface area is 279 Å². The van der Waals surface area contributed by atoms with Crippen molar-refractivity contribution in [3.8, 4) is 5.75 Å². The fourth-order valence-corrected chi connectivity index (χ4v) is 6.11. The number of nitrogens with one attached hydrogen (secondary N) is 3. The molecule has 1 saturated carbocycles. The lowest BCUT2D eigenvalue weighted by molar-refractivity contribution is -0.384. The summed E-state index contributed by atoms with van der Waals surface area (Å²) in [7, 11) is 1.21. The first kappa shape index (κ1) is 38.0. The van der Waals surface area contributed by atoms with Crippen LogP contribution < -0.4 is 20.7 Å². The monoisotopic (exact) mass is 677 g/mol. The highest BCUT2D eigenvalue weighted by atomic mass is 16.6. The van der Waals surface area contributed by atoms with E-state index in [4.69, 9.17) is 14.2 Å². The third-order valence-electron chi connectivity index (χ3n) is 8.65. The number of ether oxygens (including phenoxy) is 3. The number of carbonyl (C=O) groups is 5. The van der Waals surface area contributed by atoms with Crippen molar-refractivity contribution in [2.45, 2.75) is 90.4 Å². The molecule has 1 saturated heterocycles. The summed E-state index contributed by atoms with van der Waals surface area (Å²) in [6.45, 7) is 9.41. The Bertz CT molecular complexity index is 1340. The van der Waals surface area contributed by atoms with Crippen LogP contribution in [0.4, 0.5) is 15.3 Å². The number of aliphatic hydroxyl groups excluding tert-OH is 1. The van der Waals surface area contributed by atoms with Crippen molar-refractivity contribution in [1.82, 2.24) is 20.9 Å². The Morgan fingerprint density at radius 2 is 1.67 bits per heavy atom. The predicted molar refractivity (Wildman–Crippen MR) is 171 cm³/mol. The standard InChI is InChI=1S/C32H47N5O11/c1-31(2,3)48-30(43)35-22(11-9-17-38)27(40)36-18-21-24(32(21,4)5)25(36)26(39)34-23(28(41)46-6)10-7-8-16-33-29(42)47-20-14-12-19(13-15-20)37(44)45/h12-15,21-25,38H,7-11,16-18H2,1-6H3,(H,33,42)(H,34,39)(H,35,43)/t21?,22-,23?,24?,25-/m0/s1. The minimum absolute atomic E-state index is 0.0469. The number of rotatable bonds is 15. The lowest BCUT2D eigenvalue weighted by atomic mass is 9.98. The van der Waals surface area contributed by atoms with Gasteiger partial charge in [0.1, 0.15) is 29.5 Å². The minimum Gasteiger partial charge on any atom is -0.467 e. The summed E-state index contributed by atoms with van der Waals surface area (Å²) in [5, 5.41) is 28.1. The molecule has 0 aromatic heterocycles. The molecule has 4 amide bonds. The summed E-state index contributed by atoms with van der Waals surface area (Å²) >= 11 is 0. The molecule has 0 bridgehead atoms. The second-order valence-corrected chi connectivity index (χ2v) is 13.6. The van der Waals surface area contributed by atoms with E-state index in [2.05, 4.69) is 16.0 Å². The van der Waals surface area contributed by atoms with E-state index in [1.165, 1.54) is 36.3 Å². The largest absolute Gasteiger partial charge is 0.467 e. The van der Waals surface area contributed by atoms with E-state index in [-0.39, 0.29) is 61.1 Å². The van der Waals surface area contributed by atoms with Gasteiger partial charge in [-0.05, 0) is 82.3 Å². The molecule has 2 aliphatic rings. The number of aliphatic hydroxyl groups is 1. The van der Waals surface area contributed by atoms with Crippen LogP contribution in [0, 0.1) is 27.4 Å². The molecule has 48 heavy (non-hydrogen) atoms. The molecule has 1 heterocycles. The molecule has 1 aliphatic heterocycles. The fourth-order valence-electron chi connectivity index (χ4n) is 6.11. The Hall–Kier alpha value is -4.47. The molecule has 1 aliphatic carbocycles. The molecule has 5 atom stereocenters. The number of non-ortho nitro benzene ring substituents is 1. The molecule has 0 radical (unpaired) electrons. The van der Waals surface area contributed by atoms with Crippen LogP contribution in [0.15, 0.2) is 24.3 Å². The van der Waals surface area contributed by atoms with Gasteiger partial charge in [0.15, 0.2) is 0 Å². The van der Waals surface area contributed by atoms with E-state index in [0.29, 0.717) is 19.4 Å². The molecule has 2 fully saturated rings. The Morgan fingerprint density at radius 1 is 1.02 bits per heavy atom. The van der Waals surface area contributed by atoms with Crippen LogP contribution in [0.3, 0.4) is 0 Å². The van der Waals surface area contributed by atoms with Crippen LogP contribution in [0.25, 0.3) is 0 Å². The van der Waals surface area contributed by atoms with Crippen LogP contribution in [0.1, 0.15) is 66.7 Å². The first-order valence-electron chi connectivity index (χ1n) is 16.0. The number of hydrogen-bond donors (Lipinski definition) is 4. The molecule has 1 aromatic rings. The van der Waals surface area contributed by atoms with Gasteiger partial charge in [-0.2, -0.15) is 0 Å². The van der Waals surface area contributed by atoms with Crippen molar-refractivity contribution >= 4 is 35.7 Å². The number of likely N-dealkylation sites (tertiary alicyclic amines) is 1. The van der Waals surface area contributed by atoms with Crippen LogP contribution in [-0.4, -0.2) is 95.4 Å². The summed E-state index contributed by atoms with van der Waals surface area (Å²) in [5.74, 6) is -1.63. The number of esters is 1. The summed E-state index contributed by atoms with van der Waals surface area (Å²) in [6, 6.07) is 2.10. The maximum absolute atomic E-state index is 13.8. The van der Waals surface area contributed by atoms with Gasteiger partial charge < -0.3 is 40.2 Å². The Balaban J connectivity index is 1.60. The predicted octanol–water partition coefficient (Wildman–Crippen LogP) is 2.66. The van der Waals surface area contributed by atoms with Crippen molar-refractivity contribution in [1.29, 1.82) is 0 Å². The van der Waals surface area contributed by atoms with E-state index in [1.54, 1.807) is 20.8 Å². The molecule has 1 aromatic carbocycles. The SMILES string of the molecule is COC(=O)C(CCCCNC(=O)Oc1ccc([N+](=O)[O-])cc1)NC(=O)[C@@H]1C2C(CN1C(=O)[C@H](CCCO)NC(=O)OC(C)(C)C)C2(C)C. The second-order valence-electron chi connectivity index (χ2n) is 13.6. The number of methoxy groups -OCH3 is 1. The summed E-state index contributed by atoms with van der Waals surface area (Å²) in [6.07, 6.45) is -0.146. The van der Waals surface area contributed by atoms with Gasteiger partial charge in [-0.3, -0.25) is 19.7 Å². The van der Waals surface area contributed by atoms with E-state index >= 15 is 0 Å². The normalized spacial score (nSPS) is 20.4. The van der Waals surface area contributed by atoms with E-state index < -0.39 is 58.6 Å². The number of hydrogen-bond acceptors (Lipinski definition) is 11. The van der Waals surface area contributed by atoms with Gasteiger partial charge in [0.25, 0.3) is 5.69 Å². The van der Waals surface area contributed by atoms with E-state index in [9.17, 15) is 39.2 Å². The number of nitro groups is 1. The Morgan fingerprint density at radius 3 is 2.25 bits per heavy atom. The average molecular weight is 678 g/mol. The van der Waals surface area contributed by atoms with Gasteiger partial charge in [-0.25, -0.2) is 14.4 Å². The zero-order valence-electron chi connectivity index (χ0n) is 28.3. The number of amides is 4. The zero-order valence-corrected chi connectivity index (χ0v) is 28.3. The highest BCUT2D eigenvalue weighted by Crippen LogP contribution is 2.65.